The van der Waals surface area contributed by atoms with Gasteiger partial charge < -0.3 is 14.5 Å². The number of hydrogen-bond donors (Lipinski definition) is 1. The Kier molecular flexibility index (Phi) is 3.65. The highest BCUT2D eigenvalue weighted by Gasteiger charge is 2.17. The zero-order valence-electron chi connectivity index (χ0n) is 9.48. The van der Waals surface area contributed by atoms with Crippen molar-refractivity contribution in [1.82, 2.24) is 10.1 Å². The van der Waals surface area contributed by atoms with E-state index in [1.54, 1.807) is 20.9 Å². The molecule has 0 aromatic carbocycles. The summed E-state index contributed by atoms with van der Waals surface area (Å²) in [7, 11) is 1.55. The molecule has 0 fully saturated rings. The molecule has 0 aliphatic heterocycles. The minimum atomic E-state index is -1.13. The summed E-state index contributed by atoms with van der Waals surface area (Å²) in [5.74, 6) is -0.921. The molecule has 1 amide bonds. The lowest BCUT2D eigenvalue weighted by molar-refractivity contribution is -0.143. The van der Waals surface area contributed by atoms with Gasteiger partial charge in [0.2, 0.25) is 5.91 Å². The smallest absolute Gasteiger partial charge is 0.312 e. The highest BCUT2D eigenvalue weighted by Crippen LogP contribution is 2.14. The number of nitrogens with zero attached hydrogens (tertiary/aromatic N) is 2. The molecule has 0 aliphatic rings. The molecule has 0 radical (unpaired) electrons. The highest BCUT2D eigenvalue weighted by molar-refractivity contribution is 5.93. The van der Waals surface area contributed by atoms with Gasteiger partial charge in [-0.2, -0.15) is 0 Å². The molecule has 0 saturated heterocycles. The zero-order valence-corrected chi connectivity index (χ0v) is 9.48. The van der Waals surface area contributed by atoms with Gasteiger partial charge in [-0.3, -0.25) is 9.59 Å². The van der Waals surface area contributed by atoms with E-state index in [-0.39, 0.29) is 0 Å². The Morgan fingerprint density at radius 1 is 1.44 bits per heavy atom. The first kappa shape index (κ1) is 12.2. The van der Waals surface area contributed by atoms with Gasteiger partial charge in [-0.15, -0.1) is 0 Å². The molecular weight excluding hydrogens is 212 g/mol. The van der Waals surface area contributed by atoms with E-state index in [0.29, 0.717) is 18.0 Å². The Hall–Kier alpha value is -1.85. The van der Waals surface area contributed by atoms with Crippen LogP contribution in [0.4, 0.5) is 0 Å². The lowest BCUT2D eigenvalue weighted by atomic mass is 10.2. The summed E-state index contributed by atoms with van der Waals surface area (Å²) >= 11 is 0. The van der Waals surface area contributed by atoms with E-state index in [1.807, 2.05) is 0 Å². The number of carboxylic acids is 1. The Morgan fingerprint density at radius 2 is 2.06 bits per heavy atom. The molecular formula is C10H14N2O4. The molecule has 0 atom stereocenters. The Morgan fingerprint density at radius 3 is 2.50 bits per heavy atom. The second-order valence-electron chi connectivity index (χ2n) is 3.62. The number of amides is 1. The van der Waals surface area contributed by atoms with Crippen LogP contribution in [-0.4, -0.2) is 34.1 Å². The van der Waals surface area contributed by atoms with Crippen LogP contribution in [-0.2, 0) is 16.1 Å². The monoisotopic (exact) mass is 226 g/mol. The molecule has 0 aliphatic carbocycles. The lowest BCUT2D eigenvalue weighted by Crippen LogP contribution is -2.28. The van der Waals surface area contributed by atoms with Crippen molar-refractivity contribution in [3.05, 3.63) is 17.0 Å². The SMILES string of the molecule is Cc1noc(C)c1CN(C)C(=O)CC(=O)O. The number of aromatic nitrogens is 1. The summed E-state index contributed by atoms with van der Waals surface area (Å²) in [6, 6.07) is 0. The van der Waals surface area contributed by atoms with Crippen molar-refractivity contribution in [2.75, 3.05) is 7.05 Å². The molecule has 0 unspecified atom stereocenters. The first-order valence-electron chi connectivity index (χ1n) is 4.79. The van der Waals surface area contributed by atoms with Crippen molar-refractivity contribution in [2.45, 2.75) is 26.8 Å². The quantitative estimate of drug-likeness (QED) is 0.765. The minimum absolute atomic E-state index is 0.313. The Bertz CT molecular complexity index is 391. The van der Waals surface area contributed by atoms with Gasteiger partial charge in [-0.25, -0.2) is 0 Å². The number of carbonyl (C=O) groups is 2. The van der Waals surface area contributed by atoms with Gasteiger partial charge >= 0.3 is 5.97 Å². The summed E-state index contributed by atoms with van der Waals surface area (Å²) in [6.07, 6.45) is -0.500. The van der Waals surface area contributed by atoms with E-state index in [2.05, 4.69) is 5.16 Å². The van der Waals surface area contributed by atoms with Crippen molar-refractivity contribution in [1.29, 1.82) is 0 Å². The summed E-state index contributed by atoms with van der Waals surface area (Å²) in [5.41, 5.74) is 1.54. The van der Waals surface area contributed by atoms with Crippen molar-refractivity contribution < 1.29 is 19.2 Å². The summed E-state index contributed by atoms with van der Waals surface area (Å²) in [4.78, 5) is 23.1. The average molecular weight is 226 g/mol. The van der Waals surface area contributed by atoms with Crippen LogP contribution in [0.25, 0.3) is 0 Å². The van der Waals surface area contributed by atoms with E-state index < -0.39 is 18.3 Å². The van der Waals surface area contributed by atoms with Crippen LogP contribution in [0.5, 0.6) is 0 Å². The summed E-state index contributed by atoms with van der Waals surface area (Å²) in [5, 5.41) is 12.2. The van der Waals surface area contributed by atoms with E-state index in [9.17, 15) is 9.59 Å². The number of aryl methyl sites for hydroxylation is 2. The number of rotatable bonds is 4. The molecule has 1 heterocycles. The maximum absolute atomic E-state index is 11.4. The molecule has 0 bridgehead atoms. The van der Waals surface area contributed by atoms with Gasteiger partial charge in [-0.05, 0) is 13.8 Å². The van der Waals surface area contributed by atoms with Crippen LogP contribution in [0.2, 0.25) is 0 Å². The van der Waals surface area contributed by atoms with Crippen LogP contribution in [0, 0.1) is 13.8 Å². The van der Waals surface area contributed by atoms with Crippen LogP contribution in [0.3, 0.4) is 0 Å². The van der Waals surface area contributed by atoms with Gasteiger partial charge in [0.15, 0.2) is 0 Å². The highest BCUT2D eigenvalue weighted by atomic mass is 16.5. The molecule has 16 heavy (non-hydrogen) atoms. The second-order valence-corrected chi connectivity index (χ2v) is 3.62. The third-order valence-corrected chi connectivity index (χ3v) is 2.30. The predicted molar refractivity (Wildman–Crippen MR) is 54.7 cm³/mol. The fourth-order valence-electron chi connectivity index (χ4n) is 1.32. The van der Waals surface area contributed by atoms with Crippen molar-refractivity contribution in [3.8, 4) is 0 Å². The molecule has 6 nitrogen and oxygen atoms in total. The average Bonchev–Trinajstić information content (AvgIpc) is 2.48. The molecule has 1 aromatic heterocycles. The number of carboxylic acid groups (broad SMARTS) is 1. The van der Waals surface area contributed by atoms with Crippen LogP contribution in [0.15, 0.2) is 4.52 Å². The molecule has 88 valence electrons. The number of carbonyl (C=O) groups excluding carboxylic acids is 1. The molecule has 1 rings (SSSR count). The first-order chi connectivity index (χ1) is 7.41. The fraction of sp³-hybridized carbons (Fsp3) is 0.500. The largest absolute Gasteiger partial charge is 0.481 e. The minimum Gasteiger partial charge on any atom is -0.481 e. The van der Waals surface area contributed by atoms with Crippen molar-refractivity contribution in [2.24, 2.45) is 0 Å². The van der Waals surface area contributed by atoms with Gasteiger partial charge in [0.1, 0.15) is 12.2 Å². The standard InChI is InChI=1S/C10H14N2O4/c1-6-8(7(2)16-11-6)5-12(3)9(13)4-10(14)15/h4-5H2,1-3H3,(H,14,15). The van der Waals surface area contributed by atoms with Crippen molar-refractivity contribution in [3.63, 3.8) is 0 Å². The van der Waals surface area contributed by atoms with E-state index >= 15 is 0 Å². The molecule has 0 saturated carbocycles. The maximum atomic E-state index is 11.4. The number of hydrogen-bond acceptors (Lipinski definition) is 4. The van der Waals surface area contributed by atoms with Gasteiger partial charge in [0.25, 0.3) is 0 Å². The van der Waals surface area contributed by atoms with Crippen LogP contribution < -0.4 is 0 Å². The molecule has 0 spiro atoms. The third-order valence-electron chi connectivity index (χ3n) is 2.30. The van der Waals surface area contributed by atoms with E-state index in [1.165, 1.54) is 4.90 Å². The van der Waals surface area contributed by atoms with Crippen LogP contribution in [0.1, 0.15) is 23.4 Å². The first-order valence-corrected chi connectivity index (χ1v) is 4.79. The fourth-order valence-corrected chi connectivity index (χ4v) is 1.32. The number of aliphatic carboxylic acids is 1. The van der Waals surface area contributed by atoms with E-state index in [0.717, 1.165) is 5.56 Å². The summed E-state index contributed by atoms with van der Waals surface area (Å²) in [6.45, 7) is 3.85. The van der Waals surface area contributed by atoms with Crippen molar-refractivity contribution >= 4 is 11.9 Å². The normalized spacial score (nSPS) is 10.2. The topological polar surface area (TPSA) is 83.6 Å². The maximum Gasteiger partial charge on any atom is 0.312 e. The van der Waals surface area contributed by atoms with Crippen LogP contribution >= 0.6 is 0 Å². The molecule has 6 heteroatoms. The Labute approximate surface area is 92.8 Å². The zero-order chi connectivity index (χ0) is 12.3. The molecule has 1 N–H and O–H groups in total. The summed E-state index contributed by atoms with van der Waals surface area (Å²) < 4.78 is 4.95. The Balaban J connectivity index is 2.67. The lowest BCUT2D eigenvalue weighted by Gasteiger charge is -2.15. The van der Waals surface area contributed by atoms with E-state index in [4.69, 9.17) is 9.63 Å². The predicted octanol–water partition coefficient (Wildman–Crippen LogP) is 0.725. The van der Waals surface area contributed by atoms with Gasteiger partial charge in [-0.1, -0.05) is 5.16 Å². The van der Waals surface area contributed by atoms with Gasteiger partial charge in [0, 0.05) is 12.6 Å². The third kappa shape index (κ3) is 2.82. The molecule has 1 aromatic rings. The van der Waals surface area contributed by atoms with Gasteiger partial charge in [0.05, 0.1) is 12.2 Å². The second kappa shape index (κ2) is 4.78.